The largest absolute Gasteiger partial charge is 0.365 e. The number of allylic oxidation sites excluding steroid dienone is 1. The number of amides is 1. The summed E-state index contributed by atoms with van der Waals surface area (Å²) in [4.78, 5) is 24.6. The van der Waals surface area contributed by atoms with E-state index in [-0.39, 0.29) is 17.9 Å². The molecule has 4 nitrogen and oxygen atoms in total. The monoisotopic (exact) mass is 138 g/mol. The van der Waals surface area contributed by atoms with E-state index in [1.807, 2.05) is 0 Å². The van der Waals surface area contributed by atoms with Crippen molar-refractivity contribution in [3.63, 3.8) is 0 Å². The highest BCUT2D eigenvalue weighted by Crippen LogP contribution is 1.97. The molecule has 0 radical (unpaired) electrons. The predicted octanol–water partition coefficient (Wildman–Crippen LogP) is -0.601. The lowest BCUT2D eigenvalue weighted by atomic mass is 10.1. The number of hydrogen-bond donors (Lipinski definition) is 1. The van der Waals surface area contributed by atoms with Gasteiger partial charge in [0.2, 0.25) is 0 Å². The second-order valence-corrected chi connectivity index (χ2v) is 1.90. The van der Waals surface area contributed by atoms with Crippen LogP contribution in [0.1, 0.15) is 6.42 Å². The summed E-state index contributed by atoms with van der Waals surface area (Å²) < 4.78 is 0. The number of hydrogen-bond acceptors (Lipinski definition) is 3. The van der Waals surface area contributed by atoms with Gasteiger partial charge in [0.1, 0.15) is 5.71 Å². The van der Waals surface area contributed by atoms with E-state index in [1.165, 1.54) is 12.3 Å². The zero-order valence-corrected chi connectivity index (χ0v) is 5.20. The van der Waals surface area contributed by atoms with Gasteiger partial charge in [-0.25, -0.2) is 0 Å². The molecule has 0 aromatic carbocycles. The second kappa shape index (κ2) is 2.43. The minimum atomic E-state index is -0.627. The van der Waals surface area contributed by atoms with Crippen LogP contribution < -0.4 is 5.73 Å². The molecule has 1 amide bonds. The van der Waals surface area contributed by atoms with Crippen molar-refractivity contribution in [3.8, 4) is 0 Å². The molecule has 0 saturated carbocycles. The molecule has 0 atom stereocenters. The summed E-state index contributed by atoms with van der Waals surface area (Å²) in [7, 11) is 0. The highest BCUT2D eigenvalue weighted by atomic mass is 16.1. The molecule has 0 aromatic heterocycles. The maximum absolute atomic E-state index is 10.6. The molecule has 0 spiro atoms. The molecule has 1 heterocycles. The second-order valence-electron chi connectivity index (χ2n) is 1.90. The van der Waals surface area contributed by atoms with Crippen LogP contribution in [-0.4, -0.2) is 17.4 Å². The van der Waals surface area contributed by atoms with Crippen molar-refractivity contribution in [1.82, 2.24) is 0 Å². The first-order chi connectivity index (χ1) is 4.70. The van der Waals surface area contributed by atoms with Crippen LogP contribution in [0.4, 0.5) is 0 Å². The fourth-order valence-electron chi connectivity index (χ4n) is 0.631. The van der Waals surface area contributed by atoms with Gasteiger partial charge in [-0.15, -0.1) is 0 Å². The van der Waals surface area contributed by atoms with Gasteiger partial charge in [0.15, 0.2) is 5.78 Å². The smallest absolute Gasteiger partial charge is 0.263 e. The average molecular weight is 138 g/mol. The first-order valence-electron chi connectivity index (χ1n) is 2.76. The molecule has 0 bridgehead atoms. The summed E-state index contributed by atoms with van der Waals surface area (Å²) in [5.41, 5.74) is 5.01. The van der Waals surface area contributed by atoms with Crippen LogP contribution in [0.5, 0.6) is 0 Å². The average Bonchev–Trinajstić information content (AvgIpc) is 1.88. The van der Waals surface area contributed by atoms with Gasteiger partial charge in [-0.05, 0) is 6.08 Å². The number of carbonyl (C=O) groups excluding carboxylic acids is 2. The van der Waals surface area contributed by atoms with Crippen molar-refractivity contribution < 1.29 is 9.59 Å². The Kier molecular flexibility index (Phi) is 1.62. The summed E-state index contributed by atoms with van der Waals surface area (Å²) >= 11 is 0. The van der Waals surface area contributed by atoms with Crippen molar-refractivity contribution in [2.75, 3.05) is 0 Å². The molecule has 0 saturated heterocycles. The molecule has 4 heteroatoms. The molecular formula is C6H6N2O2. The fraction of sp³-hybridized carbons (Fsp3) is 0.167. The van der Waals surface area contributed by atoms with Crippen LogP contribution in [-0.2, 0) is 9.59 Å². The third-order valence-electron chi connectivity index (χ3n) is 1.12. The fourth-order valence-corrected chi connectivity index (χ4v) is 0.631. The van der Waals surface area contributed by atoms with Gasteiger partial charge < -0.3 is 5.73 Å². The van der Waals surface area contributed by atoms with Gasteiger partial charge in [0.25, 0.3) is 5.91 Å². The van der Waals surface area contributed by atoms with E-state index in [9.17, 15) is 9.59 Å². The minimum Gasteiger partial charge on any atom is -0.365 e. The van der Waals surface area contributed by atoms with Gasteiger partial charge in [-0.2, -0.15) is 0 Å². The van der Waals surface area contributed by atoms with Gasteiger partial charge in [0.05, 0.1) is 6.42 Å². The van der Waals surface area contributed by atoms with Gasteiger partial charge in [-0.3, -0.25) is 14.6 Å². The molecule has 2 N–H and O–H groups in total. The zero-order chi connectivity index (χ0) is 7.56. The first-order valence-corrected chi connectivity index (χ1v) is 2.76. The maximum Gasteiger partial charge on any atom is 0.263 e. The normalized spacial score (nSPS) is 16.8. The highest BCUT2D eigenvalue weighted by Gasteiger charge is 2.12. The van der Waals surface area contributed by atoms with E-state index in [0.29, 0.717) is 0 Å². The summed E-state index contributed by atoms with van der Waals surface area (Å²) in [6, 6.07) is 0. The zero-order valence-electron chi connectivity index (χ0n) is 5.20. The Morgan fingerprint density at radius 1 is 1.70 bits per heavy atom. The van der Waals surface area contributed by atoms with E-state index in [4.69, 9.17) is 5.73 Å². The number of nitrogens with two attached hydrogens (primary N) is 1. The molecule has 1 rings (SSSR count). The third kappa shape index (κ3) is 1.28. The topological polar surface area (TPSA) is 72.5 Å². The van der Waals surface area contributed by atoms with Gasteiger partial charge >= 0.3 is 0 Å². The SMILES string of the molecule is NC(=O)C1=NC=CC(=O)C1. The highest BCUT2D eigenvalue weighted by molar-refractivity contribution is 6.42. The van der Waals surface area contributed by atoms with Crippen molar-refractivity contribution >= 4 is 17.4 Å². The molecule has 10 heavy (non-hydrogen) atoms. The van der Waals surface area contributed by atoms with Gasteiger partial charge in [-0.1, -0.05) is 0 Å². The molecular weight excluding hydrogens is 132 g/mol. The minimum absolute atomic E-state index is 0.0336. The molecule has 0 aliphatic carbocycles. The van der Waals surface area contributed by atoms with Crippen LogP contribution in [0, 0.1) is 0 Å². The Morgan fingerprint density at radius 2 is 2.40 bits per heavy atom. The summed E-state index contributed by atoms with van der Waals surface area (Å²) in [5, 5.41) is 0. The van der Waals surface area contributed by atoms with E-state index in [2.05, 4.69) is 4.99 Å². The summed E-state index contributed by atoms with van der Waals surface area (Å²) in [6.45, 7) is 0. The number of rotatable bonds is 1. The Hall–Kier alpha value is -1.45. The molecule has 0 fully saturated rings. The third-order valence-corrected chi connectivity index (χ3v) is 1.12. The number of carbonyl (C=O) groups is 2. The molecule has 52 valence electrons. The summed E-state index contributed by atoms with van der Waals surface area (Å²) in [5.74, 6) is -0.762. The van der Waals surface area contributed by atoms with E-state index in [0.717, 1.165) is 0 Å². The van der Waals surface area contributed by atoms with Crippen LogP contribution >= 0.6 is 0 Å². The Balaban J connectivity index is 2.80. The van der Waals surface area contributed by atoms with Crippen molar-refractivity contribution in [2.24, 2.45) is 10.7 Å². The number of aliphatic imine (C=N–C) groups is 1. The first kappa shape index (κ1) is 6.67. The van der Waals surface area contributed by atoms with Crippen molar-refractivity contribution in [3.05, 3.63) is 12.3 Å². The Labute approximate surface area is 57.4 Å². The molecule has 1 aliphatic heterocycles. The Bertz CT molecular complexity index is 240. The van der Waals surface area contributed by atoms with Crippen LogP contribution in [0.2, 0.25) is 0 Å². The predicted molar refractivity (Wildman–Crippen MR) is 35.4 cm³/mol. The maximum atomic E-state index is 10.6. The van der Waals surface area contributed by atoms with Crippen LogP contribution in [0.15, 0.2) is 17.3 Å². The van der Waals surface area contributed by atoms with Crippen LogP contribution in [0.25, 0.3) is 0 Å². The van der Waals surface area contributed by atoms with Gasteiger partial charge in [0, 0.05) is 6.20 Å². The quantitative estimate of drug-likeness (QED) is 0.525. The lowest BCUT2D eigenvalue weighted by molar-refractivity contribution is -0.115. The number of primary amides is 1. The molecule has 0 unspecified atom stereocenters. The lowest BCUT2D eigenvalue weighted by Gasteiger charge is -2.00. The van der Waals surface area contributed by atoms with Crippen molar-refractivity contribution in [1.29, 1.82) is 0 Å². The van der Waals surface area contributed by atoms with E-state index >= 15 is 0 Å². The number of nitrogens with zero attached hydrogens (tertiary/aromatic N) is 1. The van der Waals surface area contributed by atoms with E-state index < -0.39 is 5.91 Å². The number of ketones is 1. The molecule has 1 aliphatic rings. The lowest BCUT2D eigenvalue weighted by Crippen LogP contribution is -2.26. The molecule has 0 aromatic rings. The van der Waals surface area contributed by atoms with Crippen molar-refractivity contribution in [2.45, 2.75) is 6.42 Å². The Morgan fingerprint density at radius 3 is 2.80 bits per heavy atom. The summed E-state index contributed by atoms with van der Waals surface area (Å²) in [6.07, 6.45) is 2.63. The van der Waals surface area contributed by atoms with E-state index in [1.54, 1.807) is 0 Å². The van der Waals surface area contributed by atoms with Crippen LogP contribution in [0.3, 0.4) is 0 Å². The standard InChI is InChI=1S/C6H6N2O2/c7-6(10)5-3-4(9)1-2-8-5/h1-2H,3H2,(H2,7,10).